The molecule has 0 bridgehead atoms. The Kier molecular flexibility index (Phi) is 3.24. The Morgan fingerprint density at radius 1 is 1.05 bits per heavy atom. The molecule has 0 spiro atoms. The maximum absolute atomic E-state index is 11.0. The highest BCUT2D eigenvalue weighted by atomic mass is 16.7. The highest BCUT2D eigenvalue weighted by molar-refractivity contribution is 5.54. The first-order valence-electron chi connectivity index (χ1n) is 8.11. The van der Waals surface area contributed by atoms with Crippen LogP contribution in [0.25, 0.3) is 0 Å². The van der Waals surface area contributed by atoms with Crippen molar-refractivity contribution in [2.24, 2.45) is 0 Å². The van der Waals surface area contributed by atoms with Crippen LogP contribution in [0.1, 0.15) is 44.8 Å². The van der Waals surface area contributed by atoms with Crippen LogP contribution in [0.5, 0.6) is 17.2 Å². The van der Waals surface area contributed by atoms with Crippen molar-refractivity contribution in [3.63, 3.8) is 0 Å². The number of piperidine rings is 1. The van der Waals surface area contributed by atoms with Gasteiger partial charge in [0.1, 0.15) is 17.5 Å². The summed E-state index contributed by atoms with van der Waals surface area (Å²) in [5, 5.41) is 11.0. The van der Waals surface area contributed by atoms with Crippen LogP contribution in [0.4, 0.5) is 0 Å². The van der Waals surface area contributed by atoms with Crippen LogP contribution in [0.2, 0.25) is 0 Å². The summed E-state index contributed by atoms with van der Waals surface area (Å²) in [6.07, 6.45) is 3.07. The van der Waals surface area contributed by atoms with Gasteiger partial charge in [0.25, 0.3) is 0 Å². The van der Waals surface area contributed by atoms with Gasteiger partial charge in [-0.15, -0.1) is 0 Å². The van der Waals surface area contributed by atoms with E-state index in [1.807, 2.05) is 12.1 Å². The second kappa shape index (κ2) is 5.03. The molecule has 3 heterocycles. The average Bonchev–Trinajstić information content (AvgIpc) is 2.93. The van der Waals surface area contributed by atoms with Gasteiger partial charge in [-0.3, -0.25) is 4.90 Å². The fourth-order valence-electron chi connectivity index (χ4n) is 3.99. The molecule has 0 aromatic heterocycles. The molecule has 0 aliphatic carbocycles. The predicted octanol–water partition coefficient (Wildman–Crippen LogP) is 2.47. The van der Waals surface area contributed by atoms with E-state index in [2.05, 4.69) is 18.7 Å². The van der Waals surface area contributed by atoms with Crippen LogP contribution in [0.3, 0.4) is 0 Å². The van der Waals surface area contributed by atoms with Crippen molar-refractivity contribution in [2.45, 2.75) is 50.9 Å². The van der Waals surface area contributed by atoms with Gasteiger partial charge in [-0.25, -0.2) is 0 Å². The van der Waals surface area contributed by atoms with Crippen molar-refractivity contribution in [3.05, 3.63) is 17.7 Å². The number of aliphatic hydroxyl groups excluding tert-OH is 1. The predicted molar refractivity (Wildman–Crippen MR) is 81.4 cm³/mol. The lowest BCUT2D eigenvalue weighted by molar-refractivity contribution is -0.0873. The molecule has 0 saturated carbocycles. The molecule has 1 N–H and O–H groups in total. The molecule has 2 atom stereocenters. The molecule has 0 amide bonds. The lowest BCUT2D eigenvalue weighted by Crippen LogP contribution is -2.58. The molecule has 0 radical (unpaired) electrons. The molecule has 4 rings (SSSR count). The lowest BCUT2D eigenvalue weighted by atomic mass is 9.84. The van der Waals surface area contributed by atoms with E-state index in [1.54, 1.807) is 0 Å². The minimum Gasteiger partial charge on any atom is -0.486 e. The minimum atomic E-state index is -0.577. The van der Waals surface area contributed by atoms with Crippen LogP contribution in [-0.2, 0) is 0 Å². The van der Waals surface area contributed by atoms with E-state index in [0.29, 0.717) is 17.2 Å². The van der Waals surface area contributed by atoms with Crippen molar-refractivity contribution in [2.75, 3.05) is 19.9 Å². The van der Waals surface area contributed by atoms with Gasteiger partial charge in [0.15, 0.2) is 11.5 Å². The number of benzene rings is 1. The second-order valence-corrected chi connectivity index (χ2v) is 6.94. The normalized spacial score (nSPS) is 29.8. The molecular formula is C17H23NO4. The van der Waals surface area contributed by atoms with E-state index >= 15 is 0 Å². The zero-order valence-electron chi connectivity index (χ0n) is 13.2. The van der Waals surface area contributed by atoms with E-state index in [1.165, 1.54) is 19.3 Å². The van der Waals surface area contributed by atoms with Gasteiger partial charge < -0.3 is 19.3 Å². The fraction of sp³-hybridized carbons (Fsp3) is 0.647. The molecule has 120 valence electrons. The number of likely N-dealkylation sites (tertiary alicyclic amines) is 1. The molecule has 1 saturated heterocycles. The first-order valence-corrected chi connectivity index (χ1v) is 8.11. The summed E-state index contributed by atoms with van der Waals surface area (Å²) >= 11 is 0. The third-order valence-electron chi connectivity index (χ3n) is 4.99. The summed E-state index contributed by atoms with van der Waals surface area (Å²) in [5.74, 6) is 2.09. The number of ether oxygens (including phenoxy) is 3. The highest BCUT2D eigenvalue weighted by Crippen LogP contribution is 2.48. The number of hydrogen-bond donors (Lipinski definition) is 1. The largest absolute Gasteiger partial charge is 0.486 e. The van der Waals surface area contributed by atoms with E-state index in [4.69, 9.17) is 14.2 Å². The van der Waals surface area contributed by atoms with Gasteiger partial charge in [0.05, 0.1) is 6.04 Å². The summed E-state index contributed by atoms with van der Waals surface area (Å²) < 4.78 is 17.1. The Morgan fingerprint density at radius 3 is 2.45 bits per heavy atom. The molecule has 1 aromatic carbocycles. The second-order valence-electron chi connectivity index (χ2n) is 6.94. The summed E-state index contributed by atoms with van der Waals surface area (Å²) in [6.45, 7) is 6.39. The van der Waals surface area contributed by atoms with Crippen molar-refractivity contribution in [1.82, 2.24) is 4.90 Å². The van der Waals surface area contributed by atoms with Crippen molar-refractivity contribution >= 4 is 0 Å². The molecule has 1 fully saturated rings. The lowest BCUT2D eigenvalue weighted by Gasteiger charge is -2.49. The number of hydrogen-bond acceptors (Lipinski definition) is 5. The van der Waals surface area contributed by atoms with E-state index in [-0.39, 0.29) is 12.8 Å². The number of rotatable bonds is 1. The summed E-state index contributed by atoms with van der Waals surface area (Å²) in [6, 6.07) is 3.67. The van der Waals surface area contributed by atoms with Crippen LogP contribution in [-0.4, -0.2) is 41.5 Å². The summed E-state index contributed by atoms with van der Waals surface area (Å²) in [4.78, 5) is 2.38. The molecule has 5 heteroatoms. The molecule has 2 unspecified atom stereocenters. The zero-order valence-corrected chi connectivity index (χ0v) is 13.2. The van der Waals surface area contributed by atoms with Crippen molar-refractivity contribution in [3.8, 4) is 17.2 Å². The van der Waals surface area contributed by atoms with Crippen LogP contribution >= 0.6 is 0 Å². The maximum Gasteiger partial charge on any atom is 0.231 e. The standard InChI is InChI=1S/C17H23NO4/c1-17(2)16(18-6-4-3-5-7-18)15(19)11-8-13-14(21-10-20-13)9-12(11)22-17/h8-9,15-16,19H,3-7,10H2,1-2H3. The van der Waals surface area contributed by atoms with Crippen LogP contribution in [0, 0.1) is 0 Å². The van der Waals surface area contributed by atoms with Crippen molar-refractivity contribution in [1.29, 1.82) is 0 Å². The van der Waals surface area contributed by atoms with Gasteiger partial charge in [0, 0.05) is 11.6 Å². The Morgan fingerprint density at radius 2 is 1.73 bits per heavy atom. The Labute approximate surface area is 130 Å². The topological polar surface area (TPSA) is 51.2 Å². The van der Waals surface area contributed by atoms with Gasteiger partial charge in [-0.2, -0.15) is 0 Å². The molecule has 5 nitrogen and oxygen atoms in total. The van der Waals surface area contributed by atoms with E-state index < -0.39 is 11.7 Å². The highest BCUT2D eigenvalue weighted by Gasteiger charge is 2.47. The molecule has 1 aromatic rings. The number of fused-ring (bicyclic) bond motifs is 2. The van der Waals surface area contributed by atoms with Crippen molar-refractivity contribution < 1.29 is 19.3 Å². The van der Waals surface area contributed by atoms with E-state index in [0.717, 1.165) is 18.7 Å². The van der Waals surface area contributed by atoms with Crippen LogP contribution < -0.4 is 14.2 Å². The summed E-state index contributed by atoms with van der Waals surface area (Å²) in [7, 11) is 0. The minimum absolute atomic E-state index is 0.0410. The Bertz CT molecular complexity index is 580. The quantitative estimate of drug-likeness (QED) is 0.864. The molecule has 3 aliphatic heterocycles. The van der Waals surface area contributed by atoms with Crippen LogP contribution in [0.15, 0.2) is 12.1 Å². The maximum atomic E-state index is 11.0. The van der Waals surface area contributed by atoms with Gasteiger partial charge in [0.2, 0.25) is 6.79 Å². The summed E-state index contributed by atoms with van der Waals surface area (Å²) in [5.41, 5.74) is 0.358. The molecular weight excluding hydrogens is 282 g/mol. The van der Waals surface area contributed by atoms with Gasteiger partial charge in [-0.1, -0.05) is 6.42 Å². The first-order chi connectivity index (χ1) is 10.6. The Hall–Kier alpha value is -1.46. The molecule has 22 heavy (non-hydrogen) atoms. The smallest absolute Gasteiger partial charge is 0.231 e. The third-order valence-corrected chi connectivity index (χ3v) is 4.99. The van der Waals surface area contributed by atoms with Gasteiger partial charge >= 0.3 is 0 Å². The Balaban J connectivity index is 1.72. The zero-order chi connectivity index (χ0) is 15.3. The van der Waals surface area contributed by atoms with Gasteiger partial charge in [-0.05, 0) is 45.8 Å². The molecule has 3 aliphatic rings. The average molecular weight is 305 g/mol. The fourth-order valence-corrected chi connectivity index (χ4v) is 3.99. The monoisotopic (exact) mass is 305 g/mol. The SMILES string of the molecule is CC1(C)Oc2cc3c(cc2C(O)C1N1CCCCC1)OCO3. The third kappa shape index (κ3) is 2.15. The number of aliphatic hydroxyl groups is 1. The first kappa shape index (κ1) is 14.2. The van der Waals surface area contributed by atoms with E-state index in [9.17, 15) is 5.11 Å². The number of nitrogens with zero attached hydrogens (tertiary/aromatic N) is 1.